The summed E-state index contributed by atoms with van der Waals surface area (Å²) in [6.07, 6.45) is 3.14. The van der Waals surface area contributed by atoms with E-state index < -0.39 is 10.0 Å². The summed E-state index contributed by atoms with van der Waals surface area (Å²) in [7, 11) is -3.32. The summed E-state index contributed by atoms with van der Waals surface area (Å²) >= 11 is 0. The lowest BCUT2D eigenvalue weighted by molar-refractivity contribution is -0.119. The van der Waals surface area contributed by atoms with Crippen LogP contribution in [0.5, 0.6) is 0 Å². The molecule has 21 heavy (non-hydrogen) atoms. The second-order valence-corrected chi connectivity index (χ2v) is 6.86. The number of unbranched alkanes of at least 4 members (excludes halogenated alkanes) is 1. The summed E-state index contributed by atoms with van der Waals surface area (Å²) in [4.78, 5) is 11.5. The monoisotopic (exact) mass is 312 g/mol. The molecule has 5 nitrogen and oxygen atoms in total. The summed E-state index contributed by atoms with van der Waals surface area (Å²) in [5, 5.41) is 2.72. The van der Waals surface area contributed by atoms with Crippen molar-refractivity contribution in [1.29, 1.82) is 0 Å². The molecule has 6 heteroatoms. The minimum atomic E-state index is -3.32. The van der Waals surface area contributed by atoms with Crippen molar-refractivity contribution in [2.75, 3.05) is 18.8 Å². The number of carbonyl (C=O) groups is 1. The topological polar surface area (TPSA) is 75.3 Å². The molecule has 0 spiro atoms. The Morgan fingerprint density at radius 1 is 1.14 bits per heavy atom. The van der Waals surface area contributed by atoms with Crippen molar-refractivity contribution < 1.29 is 13.2 Å². The average molecular weight is 312 g/mol. The lowest BCUT2D eigenvalue weighted by Gasteiger charge is -2.07. The van der Waals surface area contributed by atoms with Crippen molar-refractivity contribution >= 4 is 15.9 Å². The Morgan fingerprint density at radius 3 is 2.52 bits per heavy atom. The van der Waals surface area contributed by atoms with Crippen LogP contribution in [0, 0.1) is 0 Å². The predicted molar refractivity (Wildman–Crippen MR) is 84.5 cm³/mol. The quantitative estimate of drug-likeness (QED) is 0.642. The Balaban J connectivity index is 2.14. The molecule has 1 aromatic carbocycles. The molecule has 0 fully saturated rings. The van der Waals surface area contributed by atoms with Crippen molar-refractivity contribution in [3.05, 3.63) is 35.9 Å². The van der Waals surface area contributed by atoms with E-state index >= 15 is 0 Å². The van der Waals surface area contributed by atoms with E-state index in [-0.39, 0.29) is 18.2 Å². The molecule has 0 radical (unpaired) electrons. The van der Waals surface area contributed by atoms with E-state index in [0.717, 1.165) is 19.3 Å². The van der Waals surface area contributed by atoms with Crippen molar-refractivity contribution in [1.82, 2.24) is 10.0 Å². The maximum absolute atomic E-state index is 11.5. The standard InChI is InChI=1S/C15H24N2O3S/c1-2-3-12-21(19,20)17-13-15(18)16-11-7-10-14-8-5-4-6-9-14/h4-6,8-9,17H,2-3,7,10-13H2,1H3,(H,16,18). The number of carbonyl (C=O) groups excluding carboxylic acids is 1. The smallest absolute Gasteiger partial charge is 0.235 e. The lowest BCUT2D eigenvalue weighted by atomic mass is 10.1. The Bertz CT molecular complexity index is 515. The minimum Gasteiger partial charge on any atom is -0.355 e. The van der Waals surface area contributed by atoms with Gasteiger partial charge >= 0.3 is 0 Å². The number of nitrogens with one attached hydrogen (secondary N) is 2. The molecular formula is C15H24N2O3S. The van der Waals surface area contributed by atoms with Crippen molar-refractivity contribution in [2.24, 2.45) is 0 Å². The fourth-order valence-corrected chi connectivity index (χ4v) is 2.97. The van der Waals surface area contributed by atoms with Crippen LogP contribution in [0.1, 0.15) is 31.7 Å². The van der Waals surface area contributed by atoms with Gasteiger partial charge in [0.05, 0.1) is 12.3 Å². The molecule has 0 aliphatic rings. The Kier molecular flexibility index (Phi) is 8.00. The molecule has 0 heterocycles. The molecule has 1 aromatic rings. The lowest BCUT2D eigenvalue weighted by Crippen LogP contribution is -2.38. The van der Waals surface area contributed by atoms with Crippen LogP contribution in [0.2, 0.25) is 0 Å². The van der Waals surface area contributed by atoms with Crippen LogP contribution in [-0.4, -0.2) is 33.2 Å². The number of rotatable bonds is 10. The van der Waals surface area contributed by atoms with Gasteiger partial charge in [0.1, 0.15) is 0 Å². The van der Waals surface area contributed by atoms with Gasteiger partial charge in [-0.25, -0.2) is 13.1 Å². The van der Waals surface area contributed by atoms with Gasteiger partial charge in [-0.15, -0.1) is 0 Å². The van der Waals surface area contributed by atoms with E-state index in [2.05, 4.69) is 10.0 Å². The first-order valence-electron chi connectivity index (χ1n) is 7.31. The minimum absolute atomic E-state index is 0.0742. The molecule has 0 aromatic heterocycles. The maximum atomic E-state index is 11.5. The first-order valence-corrected chi connectivity index (χ1v) is 8.96. The third-order valence-electron chi connectivity index (χ3n) is 3.03. The Hall–Kier alpha value is -1.40. The van der Waals surface area contributed by atoms with E-state index in [0.29, 0.717) is 13.0 Å². The van der Waals surface area contributed by atoms with Crippen LogP contribution in [0.25, 0.3) is 0 Å². The molecule has 0 unspecified atom stereocenters. The molecule has 2 N–H and O–H groups in total. The zero-order valence-corrected chi connectivity index (χ0v) is 13.3. The second-order valence-electron chi connectivity index (χ2n) is 4.93. The molecular weight excluding hydrogens is 288 g/mol. The maximum Gasteiger partial charge on any atom is 0.235 e. The predicted octanol–water partition coefficient (Wildman–Crippen LogP) is 1.45. The van der Waals surface area contributed by atoms with Crippen LogP contribution in [0.4, 0.5) is 0 Å². The highest BCUT2D eigenvalue weighted by Crippen LogP contribution is 2.01. The fraction of sp³-hybridized carbons (Fsp3) is 0.533. The first kappa shape index (κ1) is 17.7. The average Bonchev–Trinajstić information content (AvgIpc) is 2.49. The van der Waals surface area contributed by atoms with Gasteiger partial charge in [-0.05, 0) is 24.8 Å². The molecule has 0 bridgehead atoms. The van der Waals surface area contributed by atoms with Crippen LogP contribution >= 0.6 is 0 Å². The van der Waals surface area contributed by atoms with Gasteiger partial charge in [-0.2, -0.15) is 0 Å². The summed E-state index contributed by atoms with van der Waals surface area (Å²) in [6, 6.07) is 10.0. The van der Waals surface area contributed by atoms with E-state index in [1.807, 2.05) is 37.3 Å². The molecule has 118 valence electrons. The highest BCUT2D eigenvalue weighted by molar-refractivity contribution is 7.89. The van der Waals surface area contributed by atoms with Gasteiger partial charge in [0.25, 0.3) is 0 Å². The number of aryl methyl sites for hydroxylation is 1. The molecule has 0 saturated heterocycles. The Morgan fingerprint density at radius 2 is 1.86 bits per heavy atom. The van der Waals surface area contributed by atoms with E-state index in [9.17, 15) is 13.2 Å². The van der Waals surface area contributed by atoms with Gasteiger partial charge in [-0.3, -0.25) is 4.79 Å². The van der Waals surface area contributed by atoms with Crippen LogP contribution in [-0.2, 0) is 21.2 Å². The van der Waals surface area contributed by atoms with E-state index in [1.54, 1.807) is 0 Å². The molecule has 1 amide bonds. The summed E-state index contributed by atoms with van der Waals surface area (Å²) in [5.74, 6) is -0.215. The molecule has 0 saturated carbocycles. The Labute approximate surface area is 127 Å². The zero-order valence-electron chi connectivity index (χ0n) is 12.5. The third-order valence-corrected chi connectivity index (χ3v) is 4.44. The summed E-state index contributed by atoms with van der Waals surface area (Å²) in [5.41, 5.74) is 1.23. The van der Waals surface area contributed by atoms with E-state index in [4.69, 9.17) is 0 Å². The van der Waals surface area contributed by atoms with Gasteiger partial charge < -0.3 is 5.32 Å². The number of benzene rings is 1. The third kappa shape index (κ3) is 8.47. The highest BCUT2D eigenvalue weighted by Gasteiger charge is 2.11. The number of amides is 1. The fourth-order valence-electron chi connectivity index (χ4n) is 1.81. The molecule has 0 atom stereocenters. The first-order chi connectivity index (χ1) is 10.0. The van der Waals surface area contributed by atoms with Gasteiger partial charge in [0.15, 0.2) is 0 Å². The van der Waals surface area contributed by atoms with Crippen LogP contribution in [0.15, 0.2) is 30.3 Å². The summed E-state index contributed by atoms with van der Waals surface area (Å²) < 4.78 is 25.3. The van der Waals surface area contributed by atoms with Crippen molar-refractivity contribution in [3.8, 4) is 0 Å². The number of hydrogen-bond acceptors (Lipinski definition) is 3. The normalized spacial score (nSPS) is 11.3. The highest BCUT2D eigenvalue weighted by atomic mass is 32.2. The largest absolute Gasteiger partial charge is 0.355 e. The number of sulfonamides is 1. The molecule has 0 aliphatic heterocycles. The molecule has 0 aliphatic carbocycles. The van der Waals surface area contributed by atoms with Gasteiger partial charge in [0.2, 0.25) is 15.9 Å². The second kappa shape index (κ2) is 9.52. The van der Waals surface area contributed by atoms with Gasteiger partial charge in [0, 0.05) is 6.54 Å². The van der Waals surface area contributed by atoms with Crippen molar-refractivity contribution in [2.45, 2.75) is 32.6 Å². The van der Waals surface area contributed by atoms with Crippen LogP contribution < -0.4 is 10.0 Å². The zero-order chi connectivity index (χ0) is 15.6. The van der Waals surface area contributed by atoms with E-state index in [1.165, 1.54) is 5.56 Å². The van der Waals surface area contributed by atoms with Crippen LogP contribution in [0.3, 0.4) is 0 Å². The van der Waals surface area contributed by atoms with Gasteiger partial charge in [-0.1, -0.05) is 43.7 Å². The SMILES string of the molecule is CCCCS(=O)(=O)NCC(=O)NCCCc1ccccc1. The summed E-state index contributed by atoms with van der Waals surface area (Å²) in [6.45, 7) is 2.29. The van der Waals surface area contributed by atoms with Crippen molar-refractivity contribution in [3.63, 3.8) is 0 Å². The number of hydrogen-bond donors (Lipinski definition) is 2. The molecule has 1 rings (SSSR count).